The number of nitrogens with one attached hydrogen (secondary N) is 1. The smallest absolute Gasteiger partial charge is 0.0284 e. The van der Waals surface area contributed by atoms with Gasteiger partial charge in [0.2, 0.25) is 0 Å². The van der Waals surface area contributed by atoms with Gasteiger partial charge in [0.25, 0.3) is 0 Å². The Bertz CT molecular complexity index is 226. The summed E-state index contributed by atoms with van der Waals surface area (Å²) in [7, 11) is 0. The molecule has 1 aliphatic heterocycles. The number of hydrogen-bond acceptors (Lipinski definition) is 3. The molecule has 0 aromatic carbocycles. The number of rotatable bonds is 4. The van der Waals surface area contributed by atoms with Crippen molar-refractivity contribution in [3.63, 3.8) is 0 Å². The van der Waals surface area contributed by atoms with Gasteiger partial charge in [-0.25, -0.2) is 0 Å². The number of nitrogens with zero attached hydrogens (tertiary/aromatic N) is 1. The standard InChI is InChI=1S/C14H28N2S/c1-3-13-11-16(10-6-9-15-13)12-14(17-2)7-4-5-8-14/h13,15H,3-12H2,1-2H3. The molecule has 0 bridgehead atoms. The summed E-state index contributed by atoms with van der Waals surface area (Å²) in [5.74, 6) is 0. The molecule has 3 heteroatoms. The maximum atomic E-state index is 3.67. The summed E-state index contributed by atoms with van der Waals surface area (Å²) < 4.78 is 0.586. The van der Waals surface area contributed by atoms with Gasteiger partial charge >= 0.3 is 0 Å². The van der Waals surface area contributed by atoms with Crippen molar-refractivity contribution < 1.29 is 0 Å². The van der Waals surface area contributed by atoms with Crippen LogP contribution < -0.4 is 5.32 Å². The molecule has 2 rings (SSSR count). The fourth-order valence-corrected chi connectivity index (χ4v) is 4.36. The van der Waals surface area contributed by atoms with Crippen LogP contribution in [0.5, 0.6) is 0 Å². The highest BCUT2D eigenvalue weighted by Gasteiger charge is 2.35. The fraction of sp³-hybridized carbons (Fsp3) is 1.00. The third kappa shape index (κ3) is 3.62. The molecule has 1 heterocycles. The first-order valence-electron chi connectivity index (χ1n) is 7.29. The van der Waals surface area contributed by atoms with Gasteiger partial charge in [-0.1, -0.05) is 19.8 Å². The van der Waals surface area contributed by atoms with Gasteiger partial charge in [-0.15, -0.1) is 0 Å². The van der Waals surface area contributed by atoms with E-state index in [0.29, 0.717) is 4.75 Å². The summed E-state index contributed by atoms with van der Waals surface area (Å²) >= 11 is 2.13. The summed E-state index contributed by atoms with van der Waals surface area (Å²) in [5.41, 5.74) is 0. The summed E-state index contributed by atoms with van der Waals surface area (Å²) in [5, 5.41) is 3.67. The van der Waals surface area contributed by atoms with Crippen LogP contribution in [0.3, 0.4) is 0 Å². The third-order valence-electron chi connectivity index (χ3n) is 4.52. The van der Waals surface area contributed by atoms with Crippen LogP contribution in [-0.2, 0) is 0 Å². The van der Waals surface area contributed by atoms with Crippen LogP contribution in [0.15, 0.2) is 0 Å². The van der Waals surface area contributed by atoms with Crippen molar-refractivity contribution in [1.29, 1.82) is 0 Å². The monoisotopic (exact) mass is 256 g/mol. The van der Waals surface area contributed by atoms with Crippen molar-refractivity contribution >= 4 is 11.8 Å². The van der Waals surface area contributed by atoms with Crippen molar-refractivity contribution in [2.24, 2.45) is 0 Å². The fourth-order valence-electron chi connectivity index (χ4n) is 3.35. The number of thioether (sulfide) groups is 1. The Morgan fingerprint density at radius 3 is 2.71 bits per heavy atom. The summed E-state index contributed by atoms with van der Waals surface area (Å²) in [6.45, 7) is 7.40. The van der Waals surface area contributed by atoms with E-state index >= 15 is 0 Å². The molecule has 1 saturated carbocycles. The zero-order valence-electron chi connectivity index (χ0n) is 11.5. The molecular formula is C14H28N2S. The molecule has 0 spiro atoms. The molecule has 1 atom stereocenters. The lowest BCUT2D eigenvalue weighted by molar-refractivity contribution is 0.239. The lowest BCUT2D eigenvalue weighted by Crippen LogP contribution is -2.43. The predicted octanol–water partition coefficient (Wildman–Crippen LogP) is 2.74. The van der Waals surface area contributed by atoms with Gasteiger partial charge in [0.05, 0.1) is 0 Å². The highest BCUT2D eigenvalue weighted by atomic mass is 32.2. The predicted molar refractivity (Wildman–Crippen MR) is 77.9 cm³/mol. The van der Waals surface area contributed by atoms with Crippen molar-refractivity contribution in [3.8, 4) is 0 Å². The van der Waals surface area contributed by atoms with Crippen LogP contribution in [0.25, 0.3) is 0 Å². The molecule has 1 unspecified atom stereocenters. The van der Waals surface area contributed by atoms with E-state index in [1.165, 1.54) is 64.7 Å². The average molecular weight is 256 g/mol. The lowest BCUT2D eigenvalue weighted by atomic mass is 10.1. The molecule has 0 amide bonds. The molecule has 0 aromatic rings. The second-order valence-electron chi connectivity index (χ2n) is 5.74. The van der Waals surface area contributed by atoms with Gasteiger partial charge in [-0.05, 0) is 45.0 Å². The lowest BCUT2D eigenvalue weighted by Gasteiger charge is -2.34. The quantitative estimate of drug-likeness (QED) is 0.832. The van der Waals surface area contributed by atoms with Gasteiger partial charge in [0.15, 0.2) is 0 Å². The van der Waals surface area contributed by atoms with Crippen LogP contribution in [0.4, 0.5) is 0 Å². The van der Waals surface area contributed by atoms with Crippen LogP contribution in [0.1, 0.15) is 45.4 Å². The Labute approximate surface area is 111 Å². The van der Waals surface area contributed by atoms with E-state index < -0.39 is 0 Å². The summed E-state index contributed by atoms with van der Waals surface area (Å²) in [6, 6.07) is 0.720. The normalized spacial score (nSPS) is 30.4. The third-order valence-corrected chi connectivity index (χ3v) is 5.92. The Hall–Kier alpha value is 0.270. The Morgan fingerprint density at radius 2 is 2.06 bits per heavy atom. The second-order valence-corrected chi connectivity index (χ2v) is 7.02. The molecule has 2 fully saturated rings. The molecule has 1 N–H and O–H groups in total. The van der Waals surface area contributed by atoms with E-state index in [9.17, 15) is 0 Å². The molecule has 2 aliphatic rings. The topological polar surface area (TPSA) is 15.3 Å². The van der Waals surface area contributed by atoms with E-state index in [1.54, 1.807) is 0 Å². The van der Waals surface area contributed by atoms with Crippen LogP contribution in [0, 0.1) is 0 Å². The first-order chi connectivity index (χ1) is 8.28. The SMILES string of the molecule is CCC1CN(CC2(SC)CCCC2)CCCN1. The largest absolute Gasteiger partial charge is 0.313 e. The molecule has 0 radical (unpaired) electrons. The van der Waals surface area contributed by atoms with Gasteiger partial charge < -0.3 is 10.2 Å². The number of hydrogen-bond donors (Lipinski definition) is 1. The van der Waals surface area contributed by atoms with E-state index in [0.717, 1.165) is 6.04 Å². The summed E-state index contributed by atoms with van der Waals surface area (Å²) in [6.07, 6.45) is 10.7. The van der Waals surface area contributed by atoms with E-state index in [-0.39, 0.29) is 0 Å². The molecule has 1 saturated heterocycles. The zero-order valence-corrected chi connectivity index (χ0v) is 12.3. The van der Waals surface area contributed by atoms with Gasteiger partial charge in [0.1, 0.15) is 0 Å². The van der Waals surface area contributed by atoms with E-state index in [4.69, 9.17) is 0 Å². The maximum Gasteiger partial charge on any atom is 0.0284 e. The second kappa shape index (κ2) is 6.44. The molecule has 1 aliphatic carbocycles. The Kier molecular flexibility index (Phi) is 5.19. The maximum absolute atomic E-state index is 3.67. The van der Waals surface area contributed by atoms with Crippen molar-refractivity contribution in [2.75, 3.05) is 32.4 Å². The molecular weight excluding hydrogens is 228 g/mol. The minimum Gasteiger partial charge on any atom is -0.313 e. The van der Waals surface area contributed by atoms with E-state index in [2.05, 4.69) is 35.2 Å². The first kappa shape index (κ1) is 13.7. The van der Waals surface area contributed by atoms with Crippen LogP contribution >= 0.6 is 11.8 Å². The van der Waals surface area contributed by atoms with Gasteiger partial charge in [0, 0.05) is 23.9 Å². The van der Waals surface area contributed by atoms with Gasteiger partial charge in [-0.3, -0.25) is 0 Å². The molecule has 17 heavy (non-hydrogen) atoms. The highest BCUT2D eigenvalue weighted by molar-refractivity contribution is 8.00. The molecule has 2 nitrogen and oxygen atoms in total. The summed E-state index contributed by atoms with van der Waals surface area (Å²) in [4.78, 5) is 2.73. The average Bonchev–Trinajstić information content (AvgIpc) is 2.69. The zero-order chi connectivity index (χ0) is 12.1. The Balaban J connectivity index is 1.91. The highest BCUT2D eigenvalue weighted by Crippen LogP contribution is 2.40. The van der Waals surface area contributed by atoms with Crippen LogP contribution in [-0.4, -0.2) is 48.1 Å². The van der Waals surface area contributed by atoms with Crippen LogP contribution in [0.2, 0.25) is 0 Å². The van der Waals surface area contributed by atoms with E-state index in [1.807, 2.05) is 0 Å². The minimum atomic E-state index is 0.586. The van der Waals surface area contributed by atoms with Gasteiger partial charge in [-0.2, -0.15) is 11.8 Å². The van der Waals surface area contributed by atoms with Crippen molar-refractivity contribution in [1.82, 2.24) is 10.2 Å². The molecule has 100 valence electrons. The van der Waals surface area contributed by atoms with Crippen molar-refractivity contribution in [3.05, 3.63) is 0 Å². The Morgan fingerprint density at radius 1 is 1.29 bits per heavy atom. The molecule has 0 aromatic heterocycles. The minimum absolute atomic E-state index is 0.586. The first-order valence-corrected chi connectivity index (χ1v) is 8.51. The van der Waals surface area contributed by atoms with Crippen molar-refractivity contribution in [2.45, 2.75) is 56.2 Å².